The Morgan fingerprint density at radius 3 is 2.65 bits per heavy atom. The predicted octanol–water partition coefficient (Wildman–Crippen LogP) is 2.73. The van der Waals surface area contributed by atoms with Crippen LogP contribution in [0.1, 0.15) is 32.8 Å². The van der Waals surface area contributed by atoms with Gasteiger partial charge in [-0.3, -0.25) is 0 Å². The van der Waals surface area contributed by atoms with Gasteiger partial charge in [-0.1, -0.05) is 25.1 Å². The van der Waals surface area contributed by atoms with E-state index < -0.39 is 0 Å². The van der Waals surface area contributed by atoms with Crippen molar-refractivity contribution in [3.8, 4) is 5.75 Å². The Bertz CT molecular complexity index is 418. The van der Waals surface area contributed by atoms with Crippen molar-refractivity contribution in [2.45, 2.75) is 40.2 Å². The van der Waals surface area contributed by atoms with Gasteiger partial charge in [0.1, 0.15) is 11.9 Å². The van der Waals surface area contributed by atoms with Crippen LogP contribution in [0.5, 0.6) is 5.75 Å². The monoisotopic (exact) mass is 277 g/mol. The van der Waals surface area contributed by atoms with Gasteiger partial charge >= 0.3 is 0 Å². The molecule has 4 heteroatoms. The molecule has 0 bridgehead atoms. The Balaban J connectivity index is 2.51. The molecule has 0 amide bonds. The molecule has 0 saturated heterocycles. The molecule has 1 unspecified atom stereocenters. The fourth-order valence-corrected chi connectivity index (χ4v) is 1.75. The molecule has 0 fully saturated rings. The first kappa shape index (κ1) is 16.3. The van der Waals surface area contributed by atoms with Crippen LogP contribution in [0.2, 0.25) is 0 Å². The summed E-state index contributed by atoms with van der Waals surface area (Å²) in [5.41, 5.74) is 1.15. The summed E-state index contributed by atoms with van der Waals surface area (Å²) in [6.45, 7) is 10.7. The quantitative estimate of drug-likeness (QED) is 0.595. The van der Waals surface area contributed by atoms with Gasteiger partial charge in [0.15, 0.2) is 5.96 Å². The van der Waals surface area contributed by atoms with Crippen molar-refractivity contribution >= 4 is 5.96 Å². The minimum absolute atomic E-state index is 0.0492. The molecule has 0 aromatic heterocycles. The van der Waals surface area contributed by atoms with Crippen LogP contribution in [-0.4, -0.2) is 31.7 Å². The first-order valence-electron chi connectivity index (χ1n) is 7.41. The lowest BCUT2D eigenvalue weighted by Gasteiger charge is -2.16. The van der Waals surface area contributed by atoms with Crippen molar-refractivity contribution in [3.05, 3.63) is 29.8 Å². The average molecular weight is 277 g/mol. The predicted molar refractivity (Wildman–Crippen MR) is 85.5 cm³/mol. The summed E-state index contributed by atoms with van der Waals surface area (Å²) in [7, 11) is 0. The standard InChI is InChI=1S/C16H27N3O/c1-5-11-18-16(17-6-2)19-12-14(4)20-15-10-8-7-9-13(15)3/h7-10,14H,5-6,11-12H2,1-4H3,(H2,17,18,19). The molecule has 2 N–H and O–H groups in total. The smallest absolute Gasteiger partial charge is 0.191 e. The van der Waals surface area contributed by atoms with Crippen molar-refractivity contribution in [1.82, 2.24) is 10.6 Å². The molecule has 1 rings (SSSR count). The zero-order valence-electron chi connectivity index (χ0n) is 13.1. The van der Waals surface area contributed by atoms with E-state index in [0.717, 1.165) is 36.8 Å². The van der Waals surface area contributed by atoms with Crippen molar-refractivity contribution in [3.63, 3.8) is 0 Å². The Morgan fingerprint density at radius 1 is 1.25 bits per heavy atom. The van der Waals surface area contributed by atoms with Gasteiger partial charge in [0.2, 0.25) is 0 Å². The Hall–Kier alpha value is -1.71. The van der Waals surface area contributed by atoms with Gasteiger partial charge in [-0.2, -0.15) is 0 Å². The van der Waals surface area contributed by atoms with E-state index in [4.69, 9.17) is 4.74 Å². The number of aliphatic imine (C=N–C) groups is 1. The lowest BCUT2D eigenvalue weighted by Crippen LogP contribution is -2.38. The van der Waals surface area contributed by atoms with E-state index in [-0.39, 0.29) is 6.10 Å². The number of nitrogens with zero attached hydrogens (tertiary/aromatic N) is 1. The van der Waals surface area contributed by atoms with Crippen LogP contribution in [0, 0.1) is 6.92 Å². The van der Waals surface area contributed by atoms with Crippen LogP contribution in [0.15, 0.2) is 29.3 Å². The number of hydrogen-bond donors (Lipinski definition) is 2. The maximum atomic E-state index is 5.92. The van der Waals surface area contributed by atoms with E-state index in [1.165, 1.54) is 0 Å². The molecule has 0 aliphatic heterocycles. The van der Waals surface area contributed by atoms with Crippen LogP contribution in [0.3, 0.4) is 0 Å². The van der Waals surface area contributed by atoms with Gasteiger partial charge in [-0.15, -0.1) is 0 Å². The fraction of sp³-hybridized carbons (Fsp3) is 0.562. The summed E-state index contributed by atoms with van der Waals surface area (Å²) in [6, 6.07) is 8.06. The second-order valence-electron chi connectivity index (χ2n) is 4.84. The maximum Gasteiger partial charge on any atom is 0.191 e. The normalized spacial score (nSPS) is 12.9. The molecule has 1 aromatic rings. The van der Waals surface area contributed by atoms with Crippen molar-refractivity contribution in [1.29, 1.82) is 0 Å². The highest BCUT2D eigenvalue weighted by atomic mass is 16.5. The number of nitrogens with one attached hydrogen (secondary N) is 2. The molecule has 0 aliphatic rings. The molecule has 0 radical (unpaired) electrons. The first-order valence-corrected chi connectivity index (χ1v) is 7.41. The van der Waals surface area contributed by atoms with Crippen LogP contribution in [-0.2, 0) is 0 Å². The van der Waals surface area contributed by atoms with Gasteiger partial charge in [0, 0.05) is 13.1 Å². The highest BCUT2D eigenvalue weighted by Crippen LogP contribution is 2.17. The number of ether oxygens (including phenoxy) is 1. The third-order valence-electron chi connectivity index (χ3n) is 2.81. The fourth-order valence-electron chi connectivity index (χ4n) is 1.75. The Kier molecular flexibility index (Phi) is 7.55. The van der Waals surface area contributed by atoms with Crippen LogP contribution >= 0.6 is 0 Å². The topological polar surface area (TPSA) is 45.7 Å². The largest absolute Gasteiger partial charge is 0.489 e. The average Bonchev–Trinajstić information content (AvgIpc) is 2.44. The van der Waals surface area contributed by atoms with E-state index in [2.05, 4.69) is 42.5 Å². The number of guanidine groups is 1. The second-order valence-corrected chi connectivity index (χ2v) is 4.84. The SMILES string of the molecule is CCCNC(=NCC(C)Oc1ccccc1C)NCC. The van der Waals surface area contributed by atoms with Gasteiger partial charge in [0.25, 0.3) is 0 Å². The number of aryl methyl sites for hydroxylation is 1. The van der Waals surface area contributed by atoms with Gasteiger partial charge in [-0.25, -0.2) is 4.99 Å². The van der Waals surface area contributed by atoms with Gasteiger partial charge in [0.05, 0.1) is 6.54 Å². The Morgan fingerprint density at radius 2 is 2.00 bits per heavy atom. The number of para-hydroxylation sites is 1. The first-order chi connectivity index (χ1) is 9.67. The summed E-state index contributed by atoms with van der Waals surface area (Å²) < 4.78 is 5.92. The molecule has 0 saturated carbocycles. The molecular formula is C16H27N3O. The lowest BCUT2D eigenvalue weighted by atomic mass is 10.2. The molecule has 4 nitrogen and oxygen atoms in total. The zero-order chi connectivity index (χ0) is 14.8. The second kappa shape index (κ2) is 9.23. The van der Waals surface area contributed by atoms with Crippen molar-refractivity contribution < 1.29 is 4.74 Å². The van der Waals surface area contributed by atoms with Crippen LogP contribution in [0.4, 0.5) is 0 Å². The Labute approximate surface area is 122 Å². The van der Waals surface area contributed by atoms with E-state index in [0.29, 0.717) is 6.54 Å². The molecule has 1 atom stereocenters. The van der Waals surface area contributed by atoms with Crippen molar-refractivity contribution in [2.75, 3.05) is 19.6 Å². The maximum absolute atomic E-state index is 5.92. The summed E-state index contributed by atoms with van der Waals surface area (Å²) >= 11 is 0. The number of rotatable bonds is 7. The summed E-state index contributed by atoms with van der Waals surface area (Å²) in [6.07, 6.45) is 1.13. The molecule has 0 aliphatic carbocycles. The highest BCUT2D eigenvalue weighted by Gasteiger charge is 2.06. The van der Waals surface area contributed by atoms with Crippen molar-refractivity contribution in [2.24, 2.45) is 4.99 Å². The minimum Gasteiger partial charge on any atom is -0.489 e. The highest BCUT2D eigenvalue weighted by molar-refractivity contribution is 5.79. The molecule has 112 valence electrons. The van der Waals surface area contributed by atoms with E-state index >= 15 is 0 Å². The third kappa shape index (κ3) is 5.95. The third-order valence-corrected chi connectivity index (χ3v) is 2.81. The molecule has 1 aromatic carbocycles. The number of benzene rings is 1. The summed E-state index contributed by atoms with van der Waals surface area (Å²) in [5, 5.41) is 6.52. The van der Waals surface area contributed by atoms with E-state index in [1.807, 2.05) is 25.1 Å². The summed E-state index contributed by atoms with van der Waals surface area (Å²) in [4.78, 5) is 4.55. The molecule has 20 heavy (non-hydrogen) atoms. The zero-order valence-corrected chi connectivity index (χ0v) is 13.1. The number of hydrogen-bond acceptors (Lipinski definition) is 2. The van der Waals surface area contributed by atoms with Gasteiger partial charge < -0.3 is 15.4 Å². The van der Waals surface area contributed by atoms with Crippen LogP contribution < -0.4 is 15.4 Å². The molecule has 0 spiro atoms. The lowest BCUT2D eigenvalue weighted by molar-refractivity contribution is 0.228. The molecular weight excluding hydrogens is 250 g/mol. The van der Waals surface area contributed by atoms with E-state index in [1.54, 1.807) is 0 Å². The summed E-state index contributed by atoms with van der Waals surface area (Å²) in [5.74, 6) is 1.79. The minimum atomic E-state index is 0.0492. The van der Waals surface area contributed by atoms with E-state index in [9.17, 15) is 0 Å². The molecule has 0 heterocycles. The van der Waals surface area contributed by atoms with Gasteiger partial charge in [-0.05, 0) is 38.8 Å². The van der Waals surface area contributed by atoms with Crippen LogP contribution in [0.25, 0.3) is 0 Å².